The van der Waals surface area contributed by atoms with E-state index in [-0.39, 0.29) is 24.5 Å². The Bertz CT molecular complexity index is 257. The van der Waals surface area contributed by atoms with Gasteiger partial charge >= 0.3 is 0 Å². The van der Waals surface area contributed by atoms with Crippen molar-refractivity contribution >= 4 is 12.4 Å². The van der Waals surface area contributed by atoms with Gasteiger partial charge in [-0.3, -0.25) is 0 Å². The van der Waals surface area contributed by atoms with Crippen LogP contribution in [0.2, 0.25) is 0 Å². The van der Waals surface area contributed by atoms with Crippen LogP contribution in [-0.4, -0.2) is 5.11 Å². The molecule has 0 unspecified atom stereocenters. The third-order valence-electron chi connectivity index (χ3n) is 1.33. The molecule has 1 aromatic carbocycles. The summed E-state index contributed by atoms with van der Waals surface area (Å²) < 4.78 is 25.3. The van der Waals surface area contributed by atoms with Gasteiger partial charge in [-0.1, -0.05) is 0 Å². The first-order valence-corrected chi connectivity index (χ1v) is 3.02. The number of benzene rings is 1. The van der Waals surface area contributed by atoms with E-state index in [4.69, 9.17) is 10.8 Å². The first-order chi connectivity index (χ1) is 5.15. The van der Waals surface area contributed by atoms with Gasteiger partial charge in [-0.2, -0.15) is 0 Å². The largest absolute Gasteiger partial charge is 0.508 e. The summed E-state index contributed by atoms with van der Waals surface area (Å²) in [6.07, 6.45) is 0. The third kappa shape index (κ3) is 2.06. The number of phenols is 1. The second-order valence-electron chi connectivity index (χ2n) is 2.09. The molecule has 0 fully saturated rings. The quantitative estimate of drug-likeness (QED) is 0.714. The van der Waals surface area contributed by atoms with Crippen LogP contribution < -0.4 is 5.73 Å². The van der Waals surface area contributed by atoms with Gasteiger partial charge in [0.1, 0.15) is 17.4 Å². The van der Waals surface area contributed by atoms with Crippen LogP contribution in [0, 0.1) is 11.6 Å². The SMILES string of the molecule is Cl.NCc1c(F)cc(O)cc1F. The molecule has 2 nitrogen and oxygen atoms in total. The lowest BCUT2D eigenvalue weighted by molar-refractivity contribution is 0.456. The van der Waals surface area contributed by atoms with Gasteiger partial charge in [-0.05, 0) is 0 Å². The summed E-state index contributed by atoms with van der Waals surface area (Å²) in [5.74, 6) is -2.06. The fourth-order valence-electron chi connectivity index (χ4n) is 0.785. The molecule has 0 atom stereocenters. The van der Waals surface area contributed by atoms with Crippen molar-refractivity contribution in [3.05, 3.63) is 29.3 Å². The van der Waals surface area contributed by atoms with Gasteiger partial charge < -0.3 is 10.8 Å². The van der Waals surface area contributed by atoms with Crippen LogP contribution in [0.4, 0.5) is 8.78 Å². The van der Waals surface area contributed by atoms with Crippen LogP contribution in [0.15, 0.2) is 12.1 Å². The van der Waals surface area contributed by atoms with Crippen molar-refractivity contribution in [3.63, 3.8) is 0 Å². The number of rotatable bonds is 1. The predicted molar refractivity (Wildman–Crippen MR) is 43.2 cm³/mol. The Morgan fingerprint density at radius 3 is 2.00 bits per heavy atom. The Kier molecular flexibility index (Phi) is 3.92. The van der Waals surface area contributed by atoms with Crippen molar-refractivity contribution in [1.29, 1.82) is 0 Å². The van der Waals surface area contributed by atoms with E-state index in [1.807, 2.05) is 0 Å². The van der Waals surface area contributed by atoms with Crippen LogP contribution in [-0.2, 0) is 6.54 Å². The molecule has 0 aliphatic carbocycles. The van der Waals surface area contributed by atoms with E-state index in [1.54, 1.807) is 0 Å². The molecule has 68 valence electrons. The standard InChI is InChI=1S/C7H7F2NO.ClH/c8-6-1-4(11)2-7(9)5(6)3-10;/h1-2,11H,3,10H2;1H. The highest BCUT2D eigenvalue weighted by Crippen LogP contribution is 2.18. The molecule has 0 saturated heterocycles. The maximum atomic E-state index is 12.6. The molecule has 0 spiro atoms. The zero-order valence-corrected chi connectivity index (χ0v) is 6.87. The van der Waals surface area contributed by atoms with E-state index in [2.05, 4.69) is 0 Å². The van der Waals surface area contributed by atoms with Gasteiger partial charge in [-0.15, -0.1) is 12.4 Å². The molecule has 0 aliphatic heterocycles. The molecule has 0 aliphatic rings. The van der Waals surface area contributed by atoms with Gasteiger partial charge in [0.15, 0.2) is 0 Å². The van der Waals surface area contributed by atoms with E-state index in [0.717, 1.165) is 12.1 Å². The number of nitrogens with two attached hydrogens (primary N) is 1. The number of aromatic hydroxyl groups is 1. The molecule has 1 aromatic rings. The number of halogens is 3. The summed E-state index contributed by atoms with van der Waals surface area (Å²) in [5.41, 5.74) is 4.83. The maximum Gasteiger partial charge on any atom is 0.134 e. The number of phenolic OH excluding ortho intramolecular Hbond substituents is 1. The summed E-state index contributed by atoms with van der Waals surface area (Å²) in [6, 6.07) is 1.65. The van der Waals surface area contributed by atoms with Gasteiger partial charge in [0, 0.05) is 24.2 Å². The van der Waals surface area contributed by atoms with Crippen molar-refractivity contribution < 1.29 is 13.9 Å². The van der Waals surface area contributed by atoms with Crippen molar-refractivity contribution in [3.8, 4) is 5.75 Å². The molecule has 12 heavy (non-hydrogen) atoms. The molecule has 5 heteroatoms. The highest BCUT2D eigenvalue weighted by Gasteiger charge is 2.08. The van der Waals surface area contributed by atoms with Crippen LogP contribution in [0.5, 0.6) is 5.75 Å². The molecule has 0 bridgehead atoms. The Morgan fingerprint density at radius 2 is 1.67 bits per heavy atom. The van der Waals surface area contributed by atoms with E-state index in [9.17, 15) is 8.78 Å². The topological polar surface area (TPSA) is 46.2 Å². The lowest BCUT2D eigenvalue weighted by atomic mass is 10.2. The summed E-state index contributed by atoms with van der Waals surface area (Å²) in [7, 11) is 0. The van der Waals surface area contributed by atoms with E-state index >= 15 is 0 Å². The minimum atomic E-state index is -0.815. The molecule has 0 saturated carbocycles. The van der Waals surface area contributed by atoms with Gasteiger partial charge in [-0.25, -0.2) is 8.78 Å². The smallest absolute Gasteiger partial charge is 0.134 e. The number of hydrogen-bond donors (Lipinski definition) is 2. The average molecular weight is 196 g/mol. The van der Waals surface area contributed by atoms with Crippen LogP contribution >= 0.6 is 12.4 Å². The lowest BCUT2D eigenvalue weighted by Gasteiger charge is -2.01. The molecule has 0 aromatic heterocycles. The summed E-state index contributed by atoms with van der Waals surface area (Å²) in [6.45, 7) is -0.210. The number of hydrogen-bond acceptors (Lipinski definition) is 2. The van der Waals surface area contributed by atoms with Crippen LogP contribution in [0.25, 0.3) is 0 Å². The van der Waals surface area contributed by atoms with E-state index in [1.165, 1.54) is 0 Å². The zero-order valence-electron chi connectivity index (χ0n) is 6.05. The monoisotopic (exact) mass is 195 g/mol. The summed E-state index contributed by atoms with van der Waals surface area (Å²) >= 11 is 0. The second-order valence-corrected chi connectivity index (χ2v) is 2.09. The average Bonchev–Trinajstić information content (AvgIpc) is 1.85. The van der Waals surface area contributed by atoms with Crippen molar-refractivity contribution in [2.45, 2.75) is 6.54 Å². The molecule has 0 amide bonds. The minimum absolute atomic E-state index is 0. The fourth-order valence-corrected chi connectivity index (χ4v) is 0.785. The normalized spacial score (nSPS) is 9.25. The van der Waals surface area contributed by atoms with Gasteiger partial charge in [0.2, 0.25) is 0 Å². The Morgan fingerprint density at radius 1 is 1.25 bits per heavy atom. The summed E-state index contributed by atoms with van der Waals surface area (Å²) in [5, 5.41) is 8.69. The lowest BCUT2D eigenvalue weighted by Crippen LogP contribution is -2.02. The highest BCUT2D eigenvalue weighted by molar-refractivity contribution is 5.85. The first kappa shape index (κ1) is 11.1. The minimum Gasteiger partial charge on any atom is -0.508 e. The predicted octanol–water partition coefficient (Wildman–Crippen LogP) is 1.55. The summed E-state index contributed by atoms with van der Waals surface area (Å²) in [4.78, 5) is 0. The van der Waals surface area contributed by atoms with Crippen molar-refractivity contribution in [2.75, 3.05) is 0 Å². The third-order valence-corrected chi connectivity index (χ3v) is 1.33. The second kappa shape index (κ2) is 4.23. The molecule has 1 rings (SSSR count). The highest BCUT2D eigenvalue weighted by atomic mass is 35.5. The van der Waals surface area contributed by atoms with E-state index < -0.39 is 17.4 Å². The van der Waals surface area contributed by atoms with Crippen molar-refractivity contribution in [2.24, 2.45) is 5.73 Å². The van der Waals surface area contributed by atoms with Gasteiger partial charge in [0.25, 0.3) is 0 Å². The Labute approximate surface area is 74.4 Å². The van der Waals surface area contributed by atoms with Crippen LogP contribution in [0.3, 0.4) is 0 Å². The molecule has 3 N–H and O–H groups in total. The molecular weight excluding hydrogens is 188 g/mol. The Hall–Kier alpha value is -0.870. The van der Waals surface area contributed by atoms with Crippen LogP contribution in [0.1, 0.15) is 5.56 Å². The molecule has 0 heterocycles. The maximum absolute atomic E-state index is 12.6. The molecular formula is C7H8ClF2NO. The fraction of sp³-hybridized carbons (Fsp3) is 0.143. The zero-order chi connectivity index (χ0) is 8.43. The van der Waals surface area contributed by atoms with E-state index in [0.29, 0.717) is 0 Å². The van der Waals surface area contributed by atoms with Crippen molar-refractivity contribution in [1.82, 2.24) is 0 Å². The Balaban J connectivity index is 0.00000121. The first-order valence-electron chi connectivity index (χ1n) is 3.02. The molecule has 0 radical (unpaired) electrons. The van der Waals surface area contributed by atoms with Gasteiger partial charge in [0.05, 0.1) is 0 Å².